The number of halogens is 3. The summed E-state index contributed by atoms with van der Waals surface area (Å²) >= 11 is 4.18. The van der Waals surface area contributed by atoms with Gasteiger partial charge in [0.1, 0.15) is 0 Å². The van der Waals surface area contributed by atoms with E-state index in [9.17, 15) is 13.2 Å². The molecule has 0 radical (unpaired) electrons. The van der Waals surface area contributed by atoms with E-state index in [1.165, 1.54) is 4.68 Å². The molecule has 0 amide bonds. The minimum absolute atomic E-state index is 0.273. The monoisotopic (exact) mass is 252 g/mol. The highest BCUT2D eigenvalue weighted by Gasteiger charge is 2.32. The van der Waals surface area contributed by atoms with E-state index in [0.29, 0.717) is 12.3 Å². The van der Waals surface area contributed by atoms with Crippen molar-refractivity contribution >= 4 is 12.6 Å². The lowest BCUT2D eigenvalue weighted by Gasteiger charge is -2.12. The number of thiol groups is 1. The molecule has 0 saturated carbocycles. The quantitative estimate of drug-likeness (QED) is 0.796. The highest BCUT2D eigenvalue weighted by molar-refractivity contribution is 7.80. The second-order valence-corrected chi connectivity index (χ2v) is 4.15. The van der Waals surface area contributed by atoms with E-state index in [-0.39, 0.29) is 5.92 Å². The normalized spacial score (nSPS) is 14.1. The molecule has 92 valence electrons. The molecule has 0 saturated heterocycles. The Morgan fingerprint density at radius 3 is 2.62 bits per heavy atom. The molecule has 0 bridgehead atoms. The highest BCUT2D eigenvalue weighted by atomic mass is 32.1. The first-order valence-corrected chi connectivity index (χ1v) is 5.81. The molecule has 0 aliphatic heterocycles. The molecule has 0 N–H and O–H groups in total. The van der Waals surface area contributed by atoms with Gasteiger partial charge in [-0.15, -0.1) is 0 Å². The molecule has 0 spiro atoms. The lowest BCUT2D eigenvalue weighted by molar-refractivity contribution is -0.137. The third-order valence-corrected chi connectivity index (χ3v) is 2.88. The zero-order valence-corrected chi connectivity index (χ0v) is 9.93. The molecular formula is C10H15F3N2S. The van der Waals surface area contributed by atoms with E-state index >= 15 is 0 Å². The number of rotatable bonds is 5. The van der Waals surface area contributed by atoms with Crippen molar-refractivity contribution in [3.63, 3.8) is 0 Å². The van der Waals surface area contributed by atoms with Crippen molar-refractivity contribution in [2.75, 3.05) is 5.75 Å². The average Bonchev–Trinajstić information content (AvgIpc) is 2.65. The Balaban J connectivity index is 2.64. The van der Waals surface area contributed by atoms with Crippen LogP contribution in [0.15, 0.2) is 12.4 Å². The zero-order chi connectivity index (χ0) is 12.2. The van der Waals surface area contributed by atoms with Crippen LogP contribution >= 0.6 is 12.6 Å². The molecule has 1 heterocycles. The van der Waals surface area contributed by atoms with E-state index in [0.717, 1.165) is 25.2 Å². The Labute approximate surface area is 98.2 Å². The van der Waals surface area contributed by atoms with Crippen molar-refractivity contribution in [2.45, 2.75) is 32.5 Å². The number of hydrogen-bond donors (Lipinski definition) is 1. The molecule has 0 fully saturated rings. The van der Waals surface area contributed by atoms with Gasteiger partial charge in [0.05, 0.1) is 11.8 Å². The first kappa shape index (κ1) is 13.4. The molecule has 0 aliphatic rings. The van der Waals surface area contributed by atoms with Gasteiger partial charge in [0.15, 0.2) is 0 Å². The summed E-state index contributed by atoms with van der Waals surface area (Å²) in [5.74, 6) is 0.934. The lowest BCUT2D eigenvalue weighted by Crippen LogP contribution is -2.13. The minimum atomic E-state index is -4.31. The summed E-state index contributed by atoms with van der Waals surface area (Å²) in [5, 5.41) is 3.72. The van der Waals surface area contributed by atoms with Gasteiger partial charge >= 0.3 is 6.18 Å². The van der Waals surface area contributed by atoms with E-state index in [4.69, 9.17) is 0 Å². The molecular weight excluding hydrogens is 237 g/mol. The van der Waals surface area contributed by atoms with Crippen LogP contribution in [0.5, 0.6) is 0 Å². The van der Waals surface area contributed by atoms with E-state index < -0.39 is 11.7 Å². The molecule has 0 aromatic carbocycles. The van der Waals surface area contributed by atoms with Crippen LogP contribution in [0, 0.1) is 5.92 Å². The van der Waals surface area contributed by atoms with Crippen molar-refractivity contribution in [1.29, 1.82) is 0 Å². The topological polar surface area (TPSA) is 17.8 Å². The van der Waals surface area contributed by atoms with Crippen LogP contribution in [0.25, 0.3) is 0 Å². The summed E-state index contributed by atoms with van der Waals surface area (Å²) in [6.07, 6.45) is -0.448. The third-order valence-electron chi connectivity index (χ3n) is 2.36. The van der Waals surface area contributed by atoms with Crippen LogP contribution in [-0.2, 0) is 12.7 Å². The van der Waals surface area contributed by atoms with Gasteiger partial charge in [0.2, 0.25) is 0 Å². The summed E-state index contributed by atoms with van der Waals surface area (Å²) in [4.78, 5) is 0. The fourth-order valence-corrected chi connectivity index (χ4v) is 1.82. The molecule has 6 heteroatoms. The largest absolute Gasteiger partial charge is 0.419 e. The Kier molecular flexibility index (Phi) is 4.70. The summed E-state index contributed by atoms with van der Waals surface area (Å²) < 4.78 is 38.2. The summed E-state index contributed by atoms with van der Waals surface area (Å²) in [7, 11) is 0. The van der Waals surface area contributed by atoms with Gasteiger partial charge in [0, 0.05) is 12.7 Å². The van der Waals surface area contributed by atoms with Crippen LogP contribution in [-0.4, -0.2) is 15.5 Å². The van der Waals surface area contributed by atoms with Crippen LogP contribution in [0.3, 0.4) is 0 Å². The Morgan fingerprint density at radius 2 is 2.19 bits per heavy atom. The van der Waals surface area contributed by atoms with Gasteiger partial charge in [-0.25, -0.2) is 0 Å². The lowest BCUT2D eigenvalue weighted by atomic mass is 10.1. The van der Waals surface area contributed by atoms with Gasteiger partial charge in [-0.1, -0.05) is 13.3 Å². The van der Waals surface area contributed by atoms with Gasteiger partial charge in [-0.05, 0) is 18.1 Å². The maximum Gasteiger partial charge on any atom is 0.419 e. The van der Waals surface area contributed by atoms with Crippen molar-refractivity contribution < 1.29 is 13.2 Å². The van der Waals surface area contributed by atoms with E-state index in [1.807, 2.05) is 6.92 Å². The van der Waals surface area contributed by atoms with Crippen LogP contribution in [0.2, 0.25) is 0 Å². The second-order valence-electron chi connectivity index (χ2n) is 3.79. The first-order valence-electron chi connectivity index (χ1n) is 5.18. The van der Waals surface area contributed by atoms with Crippen LogP contribution < -0.4 is 0 Å². The van der Waals surface area contributed by atoms with Gasteiger partial charge in [-0.3, -0.25) is 4.68 Å². The zero-order valence-electron chi connectivity index (χ0n) is 9.04. The summed E-state index contributed by atoms with van der Waals surface area (Å²) in [5.41, 5.74) is -0.693. The molecule has 1 aromatic rings. The van der Waals surface area contributed by atoms with E-state index in [2.05, 4.69) is 17.7 Å². The fourth-order valence-electron chi connectivity index (χ4n) is 1.52. The number of hydrogen-bond acceptors (Lipinski definition) is 2. The average molecular weight is 252 g/mol. The Hall–Kier alpha value is -0.650. The van der Waals surface area contributed by atoms with Crippen molar-refractivity contribution in [3.8, 4) is 0 Å². The summed E-state index contributed by atoms with van der Waals surface area (Å²) in [6, 6.07) is 0. The Bertz CT molecular complexity index is 322. The minimum Gasteiger partial charge on any atom is -0.272 e. The Morgan fingerprint density at radius 1 is 1.50 bits per heavy atom. The van der Waals surface area contributed by atoms with Crippen LogP contribution in [0.4, 0.5) is 13.2 Å². The van der Waals surface area contributed by atoms with Crippen LogP contribution in [0.1, 0.15) is 25.3 Å². The van der Waals surface area contributed by atoms with E-state index in [1.54, 1.807) is 0 Å². The molecule has 0 aliphatic carbocycles. The predicted octanol–water partition coefficient (Wildman–Crippen LogP) is 3.25. The maximum atomic E-state index is 12.3. The SMILES string of the molecule is CCCC(CS)Cn1cc(C(F)(F)F)cn1. The number of nitrogens with zero attached hydrogens (tertiary/aromatic N) is 2. The van der Waals surface area contributed by atoms with Crippen molar-refractivity contribution in [3.05, 3.63) is 18.0 Å². The second kappa shape index (κ2) is 5.61. The van der Waals surface area contributed by atoms with Gasteiger partial charge < -0.3 is 0 Å². The van der Waals surface area contributed by atoms with Gasteiger partial charge in [0.25, 0.3) is 0 Å². The smallest absolute Gasteiger partial charge is 0.272 e. The predicted molar refractivity (Wildman–Crippen MR) is 59.5 cm³/mol. The molecule has 1 unspecified atom stereocenters. The van der Waals surface area contributed by atoms with Crippen molar-refractivity contribution in [2.24, 2.45) is 5.92 Å². The van der Waals surface area contributed by atoms with Gasteiger partial charge in [-0.2, -0.15) is 30.9 Å². The third kappa shape index (κ3) is 3.73. The number of aromatic nitrogens is 2. The fraction of sp³-hybridized carbons (Fsp3) is 0.700. The first-order chi connectivity index (χ1) is 7.47. The standard InChI is InChI=1S/C10H15F3N2S/c1-2-3-8(7-16)5-15-6-9(4-14-15)10(11,12)13/h4,6,8,16H,2-3,5,7H2,1H3. The molecule has 16 heavy (non-hydrogen) atoms. The molecule has 1 atom stereocenters. The summed E-state index contributed by atoms with van der Waals surface area (Å²) in [6.45, 7) is 2.54. The maximum absolute atomic E-state index is 12.3. The molecule has 1 aromatic heterocycles. The molecule has 1 rings (SSSR count). The molecule has 2 nitrogen and oxygen atoms in total. The van der Waals surface area contributed by atoms with Crippen molar-refractivity contribution in [1.82, 2.24) is 9.78 Å². The number of alkyl halides is 3. The highest BCUT2D eigenvalue weighted by Crippen LogP contribution is 2.28.